The van der Waals surface area contributed by atoms with E-state index in [-0.39, 0.29) is 11.9 Å². The van der Waals surface area contributed by atoms with Crippen LogP contribution in [0.15, 0.2) is 6.20 Å². The summed E-state index contributed by atoms with van der Waals surface area (Å²) < 4.78 is 5.20. The van der Waals surface area contributed by atoms with Crippen molar-refractivity contribution in [3.8, 4) is 0 Å². The summed E-state index contributed by atoms with van der Waals surface area (Å²) in [5.41, 5.74) is 0. The summed E-state index contributed by atoms with van der Waals surface area (Å²) in [6.07, 6.45) is 1.77. The molecule has 0 amide bonds. The quantitative estimate of drug-likeness (QED) is 0.768. The summed E-state index contributed by atoms with van der Waals surface area (Å²) in [6, 6.07) is 0. The molecule has 0 saturated heterocycles. The fourth-order valence-electron chi connectivity index (χ4n) is 0.956. The van der Waals surface area contributed by atoms with Crippen molar-refractivity contribution in [1.82, 2.24) is 4.98 Å². The molecule has 1 rings (SSSR count). The van der Waals surface area contributed by atoms with Crippen molar-refractivity contribution in [3.05, 3.63) is 15.5 Å². The maximum atomic E-state index is 11.1. The maximum Gasteiger partial charge on any atom is 0.309 e. The highest BCUT2D eigenvalue weighted by atomic mass is 35.5. The first kappa shape index (κ1) is 12.8. The molecule has 0 N–H and O–H groups in total. The van der Waals surface area contributed by atoms with Gasteiger partial charge in [0.2, 0.25) is 0 Å². The van der Waals surface area contributed by atoms with Gasteiger partial charge >= 0.3 is 5.97 Å². The molecular formula is C9H12ClNO2S2. The van der Waals surface area contributed by atoms with E-state index in [1.54, 1.807) is 18.0 Å². The van der Waals surface area contributed by atoms with E-state index in [0.29, 0.717) is 4.47 Å². The number of methoxy groups -OCH3 is 1. The van der Waals surface area contributed by atoms with Crippen LogP contribution in [0.3, 0.4) is 0 Å². The van der Waals surface area contributed by atoms with Crippen molar-refractivity contribution in [2.75, 3.05) is 12.9 Å². The Kier molecular flexibility index (Phi) is 5.42. The number of thiazole rings is 1. The molecule has 0 bridgehead atoms. The number of hydrogen-bond donors (Lipinski definition) is 0. The van der Waals surface area contributed by atoms with Crippen molar-refractivity contribution in [2.45, 2.75) is 12.7 Å². The molecule has 1 unspecified atom stereocenters. The van der Waals surface area contributed by atoms with Crippen LogP contribution in [0.2, 0.25) is 4.47 Å². The van der Waals surface area contributed by atoms with E-state index in [9.17, 15) is 4.79 Å². The lowest BCUT2D eigenvalue weighted by atomic mass is 10.2. The molecule has 1 aromatic heterocycles. The Morgan fingerprint density at radius 1 is 1.80 bits per heavy atom. The van der Waals surface area contributed by atoms with E-state index in [1.807, 2.05) is 6.92 Å². The standard InChI is InChI=1S/C9H12ClNO2S2/c1-6(8(12)13-2)4-14-5-7-3-11-9(10)15-7/h3,6H,4-5H2,1-2H3. The smallest absolute Gasteiger partial charge is 0.309 e. The Morgan fingerprint density at radius 3 is 3.07 bits per heavy atom. The zero-order chi connectivity index (χ0) is 11.3. The molecule has 1 atom stereocenters. The van der Waals surface area contributed by atoms with E-state index in [1.165, 1.54) is 18.4 Å². The van der Waals surface area contributed by atoms with Gasteiger partial charge in [-0.1, -0.05) is 18.5 Å². The van der Waals surface area contributed by atoms with Crippen molar-refractivity contribution in [2.24, 2.45) is 5.92 Å². The monoisotopic (exact) mass is 265 g/mol. The number of carbonyl (C=O) groups is 1. The fraction of sp³-hybridized carbons (Fsp3) is 0.556. The normalized spacial score (nSPS) is 12.5. The summed E-state index contributed by atoms with van der Waals surface area (Å²) in [5.74, 6) is 1.36. The predicted octanol–water partition coefficient (Wildman–Crippen LogP) is 2.84. The van der Waals surface area contributed by atoms with Gasteiger partial charge in [-0.25, -0.2) is 4.98 Å². The third-order valence-corrected chi connectivity index (χ3v) is 4.29. The van der Waals surface area contributed by atoms with Gasteiger partial charge in [0, 0.05) is 22.6 Å². The number of aromatic nitrogens is 1. The highest BCUT2D eigenvalue weighted by molar-refractivity contribution is 7.98. The van der Waals surface area contributed by atoms with E-state index in [2.05, 4.69) is 9.72 Å². The van der Waals surface area contributed by atoms with E-state index in [4.69, 9.17) is 11.6 Å². The van der Waals surface area contributed by atoms with Gasteiger partial charge in [-0.15, -0.1) is 11.3 Å². The highest BCUT2D eigenvalue weighted by Crippen LogP contribution is 2.23. The molecule has 0 saturated carbocycles. The van der Waals surface area contributed by atoms with Gasteiger partial charge in [0.25, 0.3) is 0 Å². The number of halogens is 1. The number of esters is 1. The van der Waals surface area contributed by atoms with E-state index in [0.717, 1.165) is 16.4 Å². The lowest BCUT2D eigenvalue weighted by molar-refractivity contribution is -0.143. The topological polar surface area (TPSA) is 39.2 Å². The van der Waals surface area contributed by atoms with Crippen molar-refractivity contribution in [3.63, 3.8) is 0 Å². The molecule has 1 aromatic rings. The number of nitrogens with zero attached hydrogens (tertiary/aromatic N) is 1. The third kappa shape index (κ3) is 4.40. The molecule has 0 aliphatic carbocycles. The highest BCUT2D eigenvalue weighted by Gasteiger charge is 2.12. The van der Waals surface area contributed by atoms with Crippen molar-refractivity contribution in [1.29, 1.82) is 0 Å². The SMILES string of the molecule is COC(=O)C(C)CSCc1cnc(Cl)s1. The largest absolute Gasteiger partial charge is 0.469 e. The second kappa shape index (κ2) is 6.35. The predicted molar refractivity (Wildman–Crippen MR) is 64.5 cm³/mol. The minimum Gasteiger partial charge on any atom is -0.469 e. The Morgan fingerprint density at radius 2 is 2.53 bits per heavy atom. The molecule has 84 valence electrons. The first-order valence-corrected chi connectivity index (χ1v) is 6.74. The second-order valence-corrected chi connectivity index (χ2v) is 5.75. The molecule has 0 radical (unpaired) electrons. The zero-order valence-corrected chi connectivity index (χ0v) is 10.9. The molecule has 3 nitrogen and oxygen atoms in total. The molecule has 1 heterocycles. The summed E-state index contributed by atoms with van der Waals surface area (Å²) in [4.78, 5) is 16.2. The van der Waals surface area contributed by atoms with Gasteiger partial charge in [0.05, 0.1) is 13.0 Å². The van der Waals surface area contributed by atoms with E-state index < -0.39 is 0 Å². The molecule has 0 aliphatic heterocycles. The Labute approximate surface area is 102 Å². The van der Waals surface area contributed by atoms with Gasteiger partial charge in [-0.2, -0.15) is 11.8 Å². The Hall–Kier alpha value is -0.260. The minimum absolute atomic E-state index is 0.0663. The minimum atomic E-state index is -0.162. The molecule has 0 spiro atoms. The average molecular weight is 266 g/mol. The van der Waals surface area contributed by atoms with Crippen molar-refractivity contribution >= 4 is 40.7 Å². The van der Waals surface area contributed by atoms with Crippen LogP contribution in [0, 0.1) is 5.92 Å². The summed E-state index contributed by atoms with van der Waals surface area (Å²) in [5, 5.41) is 0. The van der Waals surface area contributed by atoms with Crippen LogP contribution < -0.4 is 0 Å². The number of ether oxygens (including phenoxy) is 1. The van der Waals surface area contributed by atoms with Crippen molar-refractivity contribution < 1.29 is 9.53 Å². The van der Waals surface area contributed by atoms with Gasteiger partial charge in [-0.05, 0) is 0 Å². The molecule has 0 aliphatic rings. The fourth-order valence-corrected chi connectivity index (χ4v) is 3.10. The van der Waals surface area contributed by atoms with Crippen LogP contribution in [0.1, 0.15) is 11.8 Å². The van der Waals surface area contributed by atoms with Crippen LogP contribution in [0.4, 0.5) is 0 Å². The Balaban J connectivity index is 2.24. The maximum absolute atomic E-state index is 11.1. The van der Waals surface area contributed by atoms with Gasteiger partial charge < -0.3 is 4.74 Å². The van der Waals surface area contributed by atoms with Gasteiger partial charge in [-0.3, -0.25) is 4.79 Å². The third-order valence-electron chi connectivity index (χ3n) is 1.74. The summed E-state index contributed by atoms with van der Waals surface area (Å²) in [6.45, 7) is 1.86. The van der Waals surface area contributed by atoms with Crippen LogP contribution in [-0.2, 0) is 15.3 Å². The Bertz CT molecular complexity index is 330. The lowest BCUT2D eigenvalue weighted by Crippen LogP contribution is -2.14. The van der Waals surface area contributed by atoms with Gasteiger partial charge in [0.1, 0.15) is 0 Å². The van der Waals surface area contributed by atoms with Gasteiger partial charge in [0.15, 0.2) is 4.47 Å². The summed E-state index contributed by atoms with van der Waals surface area (Å²) >= 11 is 8.85. The molecular weight excluding hydrogens is 254 g/mol. The number of hydrogen-bond acceptors (Lipinski definition) is 5. The van der Waals surface area contributed by atoms with E-state index >= 15 is 0 Å². The van der Waals surface area contributed by atoms with Crippen LogP contribution in [0.5, 0.6) is 0 Å². The molecule has 0 fully saturated rings. The van der Waals surface area contributed by atoms with Crippen LogP contribution in [-0.4, -0.2) is 23.8 Å². The zero-order valence-electron chi connectivity index (χ0n) is 8.53. The van der Waals surface area contributed by atoms with Crippen LogP contribution >= 0.6 is 34.7 Å². The molecule has 6 heteroatoms. The number of carbonyl (C=O) groups excluding carboxylic acids is 1. The first-order chi connectivity index (χ1) is 7.13. The number of thioether (sulfide) groups is 1. The summed E-state index contributed by atoms with van der Waals surface area (Å²) in [7, 11) is 1.41. The average Bonchev–Trinajstić information content (AvgIpc) is 2.63. The second-order valence-electron chi connectivity index (χ2n) is 3.02. The number of rotatable bonds is 5. The van der Waals surface area contributed by atoms with Crippen LogP contribution in [0.25, 0.3) is 0 Å². The molecule has 15 heavy (non-hydrogen) atoms. The molecule has 0 aromatic carbocycles. The first-order valence-electron chi connectivity index (χ1n) is 4.39. The lowest BCUT2D eigenvalue weighted by Gasteiger charge is -2.07.